The maximum absolute atomic E-state index is 12.3. The van der Waals surface area contributed by atoms with Gasteiger partial charge in [0.15, 0.2) is 0 Å². The third kappa shape index (κ3) is 3.40. The number of hydrogen-bond acceptors (Lipinski definition) is 4. The Kier molecular flexibility index (Phi) is 4.53. The molecule has 2 fully saturated rings. The summed E-state index contributed by atoms with van der Waals surface area (Å²) in [6.07, 6.45) is 1.07. The molecule has 5 nitrogen and oxygen atoms in total. The van der Waals surface area contributed by atoms with Crippen LogP contribution in [0.1, 0.15) is 13.3 Å². The molecule has 2 aliphatic heterocycles. The van der Waals surface area contributed by atoms with E-state index in [2.05, 4.69) is 4.90 Å². The van der Waals surface area contributed by atoms with Gasteiger partial charge in [-0.1, -0.05) is 12.2 Å². The van der Waals surface area contributed by atoms with Crippen LogP contribution in [0.3, 0.4) is 0 Å². The van der Waals surface area contributed by atoms with Gasteiger partial charge in [0.25, 0.3) is 0 Å². The number of thiocarbonyl (C=S) groups is 1. The van der Waals surface area contributed by atoms with Crippen LogP contribution in [0.4, 0.5) is 0 Å². The van der Waals surface area contributed by atoms with E-state index >= 15 is 0 Å². The van der Waals surface area contributed by atoms with Crippen LogP contribution in [0.15, 0.2) is 0 Å². The zero-order valence-corrected chi connectivity index (χ0v) is 11.6. The normalized spacial score (nSPS) is 29.5. The topological polar surface area (TPSA) is 58.8 Å². The lowest BCUT2D eigenvalue weighted by atomic mass is 10.0. The van der Waals surface area contributed by atoms with Crippen molar-refractivity contribution in [2.75, 3.05) is 39.3 Å². The van der Waals surface area contributed by atoms with E-state index in [1.807, 2.05) is 11.8 Å². The number of carbonyl (C=O) groups is 1. The number of carbonyl (C=O) groups excluding carboxylic acids is 1. The predicted octanol–water partition coefficient (Wildman–Crippen LogP) is -0.158. The van der Waals surface area contributed by atoms with Gasteiger partial charge in [-0.25, -0.2) is 0 Å². The summed E-state index contributed by atoms with van der Waals surface area (Å²) in [6.45, 7) is 6.50. The maximum atomic E-state index is 12.3. The maximum Gasteiger partial charge on any atom is 0.228 e. The molecular weight excluding hydrogens is 250 g/mol. The minimum atomic E-state index is 0.0575. The Morgan fingerprint density at radius 2 is 2.06 bits per heavy atom. The van der Waals surface area contributed by atoms with Gasteiger partial charge in [-0.05, 0) is 13.3 Å². The molecule has 2 rings (SSSR count). The predicted molar refractivity (Wildman–Crippen MR) is 73.3 cm³/mol. The van der Waals surface area contributed by atoms with Gasteiger partial charge in [-0.3, -0.25) is 9.69 Å². The average Bonchev–Trinajstić information content (AvgIpc) is 2.75. The van der Waals surface area contributed by atoms with Crippen LogP contribution >= 0.6 is 12.2 Å². The van der Waals surface area contributed by atoms with Gasteiger partial charge in [-0.15, -0.1) is 0 Å². The van der Waals surface area contributed by atoms with E-state index in [4.69, 9.17) is 22.7 Å². The van der Waals surface area contributed by atoms with Crippen LogP contribution in [0.25, 0.3) is 0 Å². The first-order valence-electron chi connectivity index (χ1n) is 6.47. The van der Waals surface area contributed by atoms with E-state index in [1.54, 1.807) is 0 Å². The first-order chi connectivity index (χ1) is 8.56. The summed E-state index contributed by atoms with van der Waals surface area (Å²) < 4.78 is 5.46. The fraction of sp³-hybridized carbons (Fsp3) is 0.833. The molecule has 2 atom stereocenters. The minimum Gasteiger partial charge on any atom is -0.392 e. The summed E-state index contributed by atoms with van der Waals surface area (Å²) in [5.74, 6) is 0.302. The van der Waals surface area contributed by atoms with Gasteiger partial charge in [0.2, 0.25) is 5.91 Å². The summed E-state index contributed by atoms with van der Waals surface area (Å²) >= 11 is 4.90. The number of ether oxygens (including phenoxy) is 1. The van der Waals surface area contributed by atoms with Crippen LogP contribution in [0.5, 0.6) is 0 Å². The molecule has 0 radical (unpaired) electrons. The van der Waals surface area contributed by atoms with Crippen molar-refractivity contribution >= 4 is 23.1 Å². The summed E-state index contributed by atoms with van der Waals surface area (Å²) in [5, 5.41) is 0. The molecule has 1 amide bonds. The zero-order chi connectivity index (χ0) is 13.1. The van der Waals surface area contributed by atoms with Gasteiger partial charge in [0.1, 0.15) is 0 Å². The van der Waals surface area contributed by atoms with E-state index in [1.165, 1.54) is 0 Å². The molecule has 0 aromatic carbocycles. The Morgan fingerprint density at radius 3 is 2.56 bits per heavy atom. The van der Waals surface area contributed by atoms with Crippen LogP contribution in [-0.4, -0.2) is 66.1 Å². The highest BCUT2D eigenvalue weighted by Gasteiger charge is 2.32. The minimum absolute atomic E-state index is 0.0575. The van der Waals surface area contributed by atoms with E-state index in [9.17, 15) is 4.79 Å². The van der Waals surface area contributed by atoms with E-state index < -0.39 is 0 Å². The Balaban J connectivity index is 1.79. The fourth-order valence-electron chi connectivity index (χ4n) is 2.59. The summed E-state index contributed by atoms with van der Waals surface area (Å²) in [6, 6.07) is 0. The SMILES string of the molecule is CC1CC(C(=O)N2CCN(CC(N)=S)CC2)CO1. The molecule has 0 aromatic rings. The Hall–Kier alpha value is -0.720. The van der Waals surface area contributed by atoms with Crippen molar-refractivity contribution in [3.63, 3.8) is 0 Å². The van der Waals surface area contributed by atoms with Crippen LogP contribution < -0.4 is 5.73 Å². The lowest BCUT2D eigenvalue weighted by Crippen LogP contribution is -2.51. The molecule has 2 N–H and O–H groups in total. The van der Waals surface area contributed by atoms with Crippen molar-refractivity contribution in [1.29, 1.82) is 0 Å². The summed E-state index contributed by atoms with van der Waals surface area (Å²) in [5.41, 5.74) is 5.53. The monoisotopic (exact) mass is 271 g/mol. The molecule has 0 aliphatic carbocycles. The largest absolute Gasteiger partial charge is 0.392 e. The van der Waals surface area contributed by atoms with Crippen LogP contribution in [-0.2, 0) is 9.53 Å². The molecule has 2 aliphatic rings. The summed E-state index contributed by atoms with van der Waals surface area (Å²) in [4.78, 5) is 16.9. The third-order valence-electron chi connectivity index (χ3n) is 3.61. The molecule has 18 heavy (non-hydrogen) atoms. The molecule has 0 spiro atoms. The number of nitrogens with two attached hydrogens (primary N) is 1. The van der Waals surface area contributed by atoms with Gasteiger partial charge >= 0.3 is 0 Å². The molecule has 2 heterocycles. The molecule has 2 saturated heterocycles. The lowest BCUT2D eigenvalue weighted by Gasteiger charge is -2.35. The molecule has 102 valence electrons. The Labute approximate surface area is 113 Å². The highest BCUT2D eigenvalue weighted by molar-refractivity contribution is 7.80. The molecule has 0 aromatic heterocycles. The number of nitrogens with zero attached hydrogens (tertiary/aromatic N) is 2. The van der Waals surface area contributed by atoms with Crippen molar-refractivity contribution < 1.29 is 9.53 Å². The van der Waals surface area contributed by atoms with Crippen molar-refractivity contribution in [1.82, 2.24) is 9.80 Å². The first kappa shape index (κ1) is 13.7. The highest BCUT2D eigenvalue weighted by atomic mass is 32.1. The highest BCUT2D eigenvalue weighted by Crippen LogP contribution is 2.21. The third-order valence-corrected chi connectivity index (χ3v) is 3.74. The van der Waals surface area contributed by atoms with Crippen molar-refractivity contribution in [2.24, 2.45) is 11.7 Å². The number of hydrogen-bond donors (Lipinski definition) is 1. The van der Waals surface area contributed by atoms with Crippen molar-refractivity contribution in [2.45, 2.75) is 19.4 Å². The molecule has 0 bridgehead atoms. The van der Waals surface area contributed by atoms with E-state index in [0.29, 0.717) is 18.1 Å². The zero-order valence-electron chi connectivity index (χ0n) is 10.8. The number of rotatable bonds is 3. The number of piperazine rings is 1. The lowest BCUT2D eigenvalue weighted by molar-refractivity contribution is -0.137. The van der Waals surface area contributed by atoms with Gasteiger partial charge in [-0.2, -0.15) is 0 Å². The summed E-state index contributed by atoms with van der Waals surface area (Å²) in [7, 11) is 0. The van der Waals surface area contributed by atoms with Gasteiger partial charge < -0.3 is 15.4 Å². The van der Waals surface area contributed by atoms with E-state index in [0.717, 1.165) is 32.6 Å². The van der Waals surface area contributed by atoms with E-state index in [-0.39, 0.29) is 17.9 Å². The van der Waals surface area contributed by atoms with Gasteiger partial charge in [0, 0.05) is 32.7 Å². The smallest absolute Gasteiger partial charge is 0.228 e. The second-order valence-corrected chi connectivity index (χ2v) is 5.67. The second-order valence-electron chi connectivity index (χ2n) is 5.14. The number of amides is 1. The van der Waals surface area contributed by atoms with Crippen LogP contribution in [0.2, 0.25) is 0 Å². The quantitative estimate of drug-likeness (QED) is 0.723. The first-order valence-corrected chi connectivity index (χ1v) is 6.88. The Morgan fingerprint density at radius 1 is 1.39 bits per heavy atom. The van der Waals surface area contributed by atoms with Gasteiger partial charge in [0.05, 0.1) is 23.6 Å². The fourth-order valence-corrected chi connectivity index (χ4v) is 2.78. The second kappa shape index (κ2) is 5.95. The molecule has 6 heteroatoms. The Bertz CT molecular complexity index is 329. The van der Waals surface area contributed by atoms with Crippen molar-refractivity contribution in [3.8, 4) is 0 Å². The molecular formula is C12H21N3O2S. The molecule has 0 saturated carbocycles. The van der Waals surface area contributed by atoms with Crippen molar-refractivity contribution in [3.05, 3.63) is 0 Å². The van der Waals surface area contributed by atoms with Crippen LogP contribution in [0, 0.1) is 5.92 Å². The molecule has 2 unspecified atom stereocenters. The average molecular weight is 271 g/mol. The standard InChI is InChI=1S/C12H21N3O2S/c1-9-6-10(8-17-9)12(16)15-4-2-14(3-5-15)7-11(13)18/h9-10H,2-8H2,1H3,(H2,13,18).